The molecule has 1 heterocycles. The van der Waals surface area contributed by atoms with Crippen molar-refractivity contribution in [2.24, 2.45) is 5.92 Å². The largest absolute Gasteiger partial charge is 0.287 e. The van der Waals surface area contributed by atoms with Crippen molar-refractivity contribution in [3.63, 3.8) is 0 Å². The molecule has 1 rings (SSSR count). The predicted octanol–water partition coefficient (Wildman–Crippen LogP) is 3.44. The van der Waals surface area contributed by atoms with Crippen LogP contribution in [-0.2, 0) is 0 Å². The highest BCUT2D eigenvalue weighted by Crippen LogP contribution is 2.24. The number of nitro groups is 1. The van der Waals surface area contributed by atoms with Crippen LogP contribution in [0.25, 0.3) is 0 Å². The molecule has 5 heteroatoms. The molecule has 0 radical (unpaired) electrons. The minimum atomic E-state index is -0.414. The molecule has 16 heavy (non-hydrogen) atoms. The van der Waals surface area contributed by atoms with Crippen LogP contribution in [0.4, 0.5) is 5.69 Å². The molecule has 0 amide bonds. The van der Waals surface area contributed by atoms with Crippen LogP contribution >= 0.6 is 11.8 Å². The van der Waals surface area contributed by atoms with Gasteiger partial charge in [0.25, 0.3) is 5.69 Å². The van der Waals surface area contributed by atoms with Gasteiger partial charge in [-0.05, 0) is 30.6 Å². The van der Waals surface area contributed by atoms with Crippen LogP contribution in [0.5, 0.6) is 0 Å². The molecular formula is C11H16N2O2S. The molecule has 0 bridgehead atoms. The summed E-state index contributed by atoms with van der Waals surface area (Å²) >= 11 is 1.66. The normalized spacial score (nSPS) is 10.8. The van der Waals surface area contributed by atoms with Gasteiger partial charge < -0.3 is 0 Å². The maximum Gasteiger partial charge on any atom is 0.287 e. The Kier molecular flexibility index (Phi) is 4.73. The zero-order chi connectivity index (χ0) is 12.1. The van der Waals surface area contributed by atoms with Crippen molar-refractivity contribution in [2.45, 2.75) is 32.2 Å². The average Bonchev–Trinajstić information content (AvgIpc) is 2.19. The van der Waals surface area contributed by atoms with E-state index in [1.807, 2.05) is 6.92 Å². The monoisotopic (exact) mass is 240 g/mol. The van der Waals surface area contributed by atoms with Crippen molar-refractivity contribution in [1.29, 1.82) is 0 Å². The van der Waals surface area contributed by atoms with Crippen molar-refractivity contribution >= 4 is 17.4 Å². The first kappa shape index (κ1) is 13.0. The first-order chi connectivity index (χ1) is 7.50. The Morgan fingerprint density at radius 2 is 2.25 bits per heavy atom. The maximum absolute atomic E-state index is 10.5. The molecule has 1 aromatic heterocycles. The van der Waals surface area contributed by atoms with Gasteiger partial charge in [0, 0.05) is 6.07 Å². The maximum atomic E-state index is 10.5. The van der Waals surface area contributed by atoms with E-state index >= 15 is 0 Å². The van der Waals surface area contributed by atoms with Gasteiger partial charge >= 0.3 is 0 Å². The standard InChI is InChI=1S/C11H16N2O2S/c1-8(2)4-5-16-11-9(3)6-10(7-12-11)13(14)15/h6-8H,4-5H2,1-3H3. The molecule has 0 unspecified atom stereocenters. The molecule has 0 saturated heterocycles. The van der Waals surface area contributed by atoms with Crippen LogP contribution in [0.3, 0.4) is 0 Å². The highest BCUT2D eigenvalue weighted by Gasteiger charge is 2.09. The summed E-state index contributed by atoms with van der Waals surface area (Å²) in [5.41, 5.74) is 0.939. The summed E-state index contributed by atoms with van der Waals surface area (Å²) < 4.78 is 0. The number of thioether (sulfide) groups is 1. The predicted molar refractivity (Wildman–Crippen MR) is 65.8 cm³/mol. The number of nitrogens with zero attached hydrogens (tertiary/aromatic N) is 2. The SMILES string of the molecule is Cc1cc([N+](=O)[O-])cnc1SCCC(C)C. The first-order valence-electron chi connectivity index (χ1n) is 5.24. The second kappa shape index (κ2) is 5.84. The number of aryl methyl sites for hydroxylation is 1. The van der Waals surface area contributed by atoms with Gasteiger partial charge in [0.2, 0.25) is 0 Å². The van der Waals surface area contributed by atoms with Crippen LogP contribution in [0.2, 0.25) is 0 Å². The molecule has 0 fully saturated rings. The Morgan fingerprint density at radius 3 is 2.75 bits per heavy atom. The first-order valence-corrected chi connectivity index (χ1v) is 6.23. The van der Waals surface area contributed by atoms with E-state index in [-0.39, 0.29) is 5.69 Å². The minimum absolute atomic E-state index is 0.0608. The molecule has 0 spiro atoms. The third kappa shape index (κ3) is 3.81. The van der Waals surface area contributed by atoms with Gasteiger partial charge in [-0.1, -0.05) is 13.8 Å². The van der Waals surface area contributed by atoms with Crippen LogP contribution in [0.1, 0.15) is 25.8 Å². The smallest absolute Gasteiger partial charge is 0.258 e. The Hall–Kier alpha value is -1.10. The Labute approximate surface area is 99.6 Å². The average molecular weight is 240 g/mol. The lowest BCUT2D eigenvalue weighted by Crippen LogP contribution is -1.94. The van der Waals surface area contributed by atoms with E-state index in [1.54, 1.807) is 17.8 Å². The molecule has 0 aliphatic carbocycles. The molecule has 0 aromatic carbocycles. The van der Waals surface area contributed by atoms with E-state index in [4.69, 9.17) is 0 Å². The second-order valence-corrected chi connectivity index (χ2v) is 5.19. The summed E-state index contributed by atoms with van der Waals surface area (Å²) in [6.45, 7) is 6.21. The van der Waals surface area contributed by atoms with Crippen molar-refractivity contribution < 1.29 is 4.92 Å². The van der Waals surface area contributed by atoms with Crippen LogP contribution in [0, 0.1) is 23.0 Å². The summed E-state index contributed by atoms with van der Waals surface area (Å²) in [6.07, 6.45) is 2.45. The zero-order valence-electron chi connectivity index (χ0n) is 9.77. The third-order valence-electron chi connectivity index (χ3n) is 2.16. The Bertz CT molecular complexity index is 380. The number of hydrogen-bond donors (Lipinski definition) is 0. The molecular weight excluding hydrogens is 224 g/mol. The fraction of sp³-hybridized carbons (Fsp3) is 0.545. The van der Waals surface area contributed by atoms with Gasteiger partial charge in [-0.2, -0.15) is 0 Å². The van der Waals surface area contributed by atoms with Gasteiger partial charge in [0.1, 0.15) is 6.20 Å². The highest BCUT2D eigenvalue weighted by atomic mass is 32.2. The molecule has 0 aliphatic rings. The van der Waals surface area contributed by atoms with Crippen molar-refractivity contribution in [3.8, 4) is 0 Å². The minimum Gasteiger partial charge on any atom is -0.258 e. The van der Waals surface area contributed by atoms with E-state index in [2.05, 4.69) is 18.8 Å². The van der Waals surface area contributed by atoms with Crippen molar-refractivity contribution in [3.05, 3.63) is 27.9 Å². The lowest BCUT2D eigenvalue weighted by Gasteiger charge is -2.05. The molecule has 0 N–H and O–H groups in total. The molecule has 0 atom stereocenters. The lowest BCUT2D eigenvalue weighted by molar-refractivity contribution is -0.385. The Balaban J connectivity index is 2.64. The summed E-state index contributed by atoms with van der Waals surface area (Å²) in [5, 5.41) is 11.4. The fourth-order valence-electron chi connectivity index (χ4n) is 1.19. The quantitative estimate of drug-likeness (QED) is 0.449. The van der Waals surface area contributed by atoms with Gasteiger partial charge in [-0.15, -0.1) is 11.8 Å². The number of hydrogen-bond acceptors (Lipinski definition) is 4. The number of pyridine rings is 1. The summed E-state index contributed by atoms with van der Waals surface area (Å²) in [5.74, 6) is 1.68. The van der Waals surface area contributed by atoms with E-state index in [0.29, 0.717) is 5.92 Å². The molecule has 0 saturated carbocycles. The molecule has 4 nitrogen and oxygen atoms in total. The van der Waals surface area contributed by atoms with Crippen LogP contribution in [0.15, 0.2) is 17.3 Å². The highest BCUT2D eigenvalue weighted by molar-refractivity contribution is 7.99. The van der Waals surface area contributed by atoms with Crippen molar-refractivity contribution in [2.75, 3.05) is 5.75 Å². The van der Waals surface area contributed by atoms with Gasteiger partial charge in [-0.25, -0.2) is 4.98 Å². The van der Waals surface area contributed by atoms with Gasteiger partial charge in [0.15, 0.2) is 0 Å². The fourth-order valence-corrected chi connectivity index (χ4v) is 2.39. The van der Waals surface area contributed by atoms with E-state index in [1.165, 1.54) is 6.20 Å². The number of aromatic nitrogens is 1. The van der Waals surface area contributed by atoms with E-state index < -0.39 is 4.92 Å². The molecule has 88 valence electrons. The topological polar surface area (TPSA) is 56.0 Å². The Morgan fingerprint density at radius 1 is 1.56 bits per heavy atom. The van der Waals surface area contributed by atoms with Gasteiger partial charge in [0.05, 0.1) is 9.95 Å². The van der Waals surface area contributed by atoms with E-state index in [9.17, 15) is 10.1 Å². The van der Waals surface area contributed by atoms with Gasteiger partial charge in [-0.3, -0.25) is 10.1 Å². The third-order valence-corrected chi connectivity index (χ3v) is 3.30. The zero-order valence-corrected chi connectivity index (χ0v) is 10.6. The second-order valence-electron chi connectivity index (χ2n) is 4.10. The van der Waals surface area contributed by atoms with E-state index in [0.717, 1.165) is 22.8 Å². The molecule has 1 aromatic rings. The number of rotatable bonds is 5. The molecule has 0 aliphatic heterocycles. The summed E-state index contributed by atoms with van der Waals surface area (Å²) in [6, 6.07) is 1.57. The van der Waals surface area contributed by atoms with Crippen LogP contribution < -0.4 is 0 Å². The summed E-state index contributed by atoms with van der Waals surface area (Å²) in [7, 11) is 0. The van der Waals surface area contributed by atoms with Crippen molar-refractivity contribution in [1.82, 2.24) is 4.98 Å². The van der Waals surface area contributed by atoms with Crippen LogP contribution in [-0.4, -0.2) is 15.7 Å². The summed E-state index contributed by atoms with van der Waals surface area (Å²) in [4.78, 5) is 14.2. The lowest BCUT2D eigenvalue weighted by atomic mass is 10.2.